The zero-order valence-electron chi connectivity index (χ0n) is 9.90. The molecule has 0 bridgehead atoms. The van der Waals surface area contributed by atoms with E-state index in [9.17, 15) is 12.8 Å². The Morgan fingerprint density at radius 3 is 2.50 bits per heavy atom. The molecule has 0 atom stereocenters. The van der Waals surface area contributed by atoms with Crippen molar-refractivity contribution in [3.8, 4) is 0 Å². The van der Waals surface area contributed by atoms with Gasteiger partial charge in [0.1, 0.15) is 10.7 Å². The third-order valence-electron chi connectivity index (χ3n) is 2.42. The van der Waals surface area contributed by atoms with Gasteiger partial charge in [0.2, 0.25) is 0 Å². The molecule has 0 radical (unpaired) electrons. The molecule has 2 aromatic carbocycles. The molecule has 0 unspecified atom stereocenters. The van der Waals surface area contributed by atoms with Gasteiger partial charge in [-0.2, -0.15) is 0 Å². The van der Waals surface area contributed by atoms with Crippen LogP contribution in [0.25, 0.3) is 0 Å². The fourth-order valence-electron chi connectivity index (χ4n) is 1.50. The molecule has 0 amide bonds. The van der Waals surface area contributed by atoms with E-state index in [1.54, 1.807) is 0 Å². The first-order chi connectivity index (χ1) is 9.29. The minimum atomic E-state index is -4.03. The first-order valence-corrected chi connectivity index (χ1v) is 7.98. The highest BCUT2D eigenvalue weighted by molar-refractivity contribution is 9.10. The van der Waals surface area contributed by atoms with E-state index in [0.29, 0.717) is 9.50 Å². The van der Waals surface area contributed by atoms with Gasteiger partial charge < -0.3 is 5.73 Å². The second-order valence-corrected chi connectivity index (χ2v) is 6.84. The Hall–Kier alpha value is -1.31. The maximum Gasteiger partial charge on any atom is 0.264 e. The number of rotatable bonds is 3. The van der Waals surface area contributed by atoms with Crippen molar-refractivity contribution in [3.05, 3.63) is 51.7 Å². The molecule has 8 heteroatoms. The minimum Gasteiger partial charge on any atom is -0.399 e. The van der Waals surface area contributed by atoms with Crippen molar-refractivity contribution >= 4 is 48.9 Å². The van der Waals surface area contributed by atoms with Gasteiger partial charge in [-0.1, -0.05) is 11.6 Å². The van der Waals surface area contributed by atoms with E-state index in [2.05, 4.69) is 20.7 Å². The van der Waals surface area contributed by atoms with Crippen LogP contribution in [0.1, 0.15) is 0 Å². The van der Waals surface area contributed by atoms with Crippen molar-refractivity contribution in [2.45, 2.75) is 4.90 Å². The van der Waals surface area contributed by atoms with Crippen molar-refractivity contribution in [1.82, 2.24) is 0 Å². The number of halogens is 3. The second-order valence-electron chi connectivity index (χ2n) is 3.92. The average Bonchev–Trinajstić information content (AvgIpc) is 2.33. The van der Waals surface area contributed by atoms with Crippen molar-refractivity contribution in [2.24, 2.45) is 0 Å². The molecule has 0 fully saturated rings. The molecule has 0 aliphatic carbocycles. The molecule has 2 rings (SSSR count). The van der Waals surface area contributed by atoms with E-state index >= 15 is 0 Å². The number of anilines is 2. The summed E-state index contributed by atoms with van der Waals surface area (Å²) in [6, 6.07) is 7.84. The normalized spacial score (nSPS) is 11.3. The first kappa shape index (κ1) is 15.1. The number of hydrogen-bond donors (Lipinski definition) is 2. The summed E-state index contributed by atoms with van der Waals surface area (Å²) >= 11 is 8.99. The minimum absolute atomic E-state index is 0.149. The zero-order chi connectivity index (χ0) is 14.9. The summed E-state index contributed by atoms with van der Waals surface area (Å²) in [6.07, 6.45) is 0. The van der Waals surface area contributed by atoms with E-state index < -0.39 is 20.7 Å². The number of nitrogens with one attached hydrogen (secondary N) is 1. The Kier molecular flexibility index (Phi) is 4.22. The average molecular weight is 380 g/mol. The van der Waals surface area contributed by atoms with Gasteiger partial charge in [0.25, 0.3) is 10.0 Å². The molecule has 0 saturated heterocycles. The third kappa shape index (κ3) is 3.23. The predicted molar refractivity (Wildman–Crippen MR) is 80.8 cm³/mol. The SMILES string of the molecule is Nc1ccc(S(=O)(=O)Nc2ccc(Cl)c(Br)c2)c(F)c1. The molecule has 0 heterocycles. The first-order valence-electron chi connectivity index (χ1n) is 5.32. The van der Waals surface area contributed by atoms with Crippen LogP contribution in [0.4, 0.5) is 15.8 Å². The summed E-state index contributed by atoms with van der Waals surface area (Å²) in [6.45, 7) is 0. The largest absolute Gasteiger partial charge is 0.399 e. The molecule has 0 aromatic heterocycles. The molecule has 3 N–H and O–H groups in total. The summed E-state index contributed by atoms with van der Waals surface area (Å²) in [5.74, 6) is -0.912. The van der Waals surface area contributed by atoms with E-state index in [1.807, 2.05) is 0 Å². The Labute approximate surface area is 128 Å². The maximum absolute atomic E-state index is 13.7. The van der Waals surface area contributed by atoms with Crippen LogP contribution in [-0.4, -0.2) is 8.42 Å². The van der Waals surface area contributed by atoms with Gasteiger partial charge in [-0.15, -0.1) is 0 Å². The van der Waals surface area contributed by atoms with Gasteiger partial charge >= 0.3 is 0 Å². The number of nitrogens with two attached hydrogens (primary N) is 1. The summed E-state index contributed by atoms with van der Waals surface area (Å²) < 4.78 is 40.6. The molecular formula is C12H9BrClFN2O2S. The number of sulfonamides is 1. The molecule has 20 heavy (non-hydrogen) atoms. The van der Waals surface area contributed by atoms with Crippen LogP contribution in [0.5, 0.6) is 0 Å². The van der Waals surface area contributed by atoms with Crippen LogP contribution in [0.15, 0.2) is 45.8 Å². The fourth-order valence-corrected chi connectivity index (χ4v) is 3.11. The smallest absolute Gasteiger partial charge is 0.264 e. The van der Waals surface area contributed by atoms with E-state index in [0.717, 1.165) is 12.1 Å². The van der Waals surface area contributed by atoms with Crippen molar-refractivity contribution < 1.29 is 12.8 Å². The molecule has 2 aromatic rings. The second kappa shape index (κ2) is 5.59. The Morgan fingerprint density at radius 1 is 1.20 bits per heavy atom. The van der Waals surface area contributed by atoms with Gasteiger partial charge in [0.05, 0.1) is 10.7 Å². The van der Waals surface area contributed by atoms with Crippen LogP contribution in [-0.2, 0) is 10.0 Å². The summed E-state index contributed by atoms with van der Waals surface area (Å²) in [5.41, 5.74) is 5.79. The standard InChI is InChI=1S/C12H9BrClFN2O2S/c13-9-6-8(2-3-10(9)14)17-20(18,19)12-4-1-7(16)5-11(12)15/h1-6,17H,16H2. The molecule has 4 nitrogen and oxygen atoms in total. The molecule has 0 saturated carbocycles. The number of hydrogen-bond acceptors (Lipinski definition) is 3. The van der Waals surface area contributed by atoms with E-state index in [4.69, 9.17) is 17.3 Å². The summed E-state index contributed by atoms with van der Waals surface area (Å²) in [7, 11) is -4.03. The monoisotopic (exact) mass is 378 g/mol. The quantitative estimate of drug-likeness (QED) is 0.800. The molecule has 0 aliphatic rings. The molecular weight excluding hydrogens is 371 g/mol. The maximum atomic E-state index is 13.7. The van der Waals surface area contributed by atoms with Crippen LogP contribution < -0.4 is 10.5 Å². The van der Waals surface area contributed by atoms with Crippen LogP contribution >= 0.6 is 27.5 Å². The van der Waals surface area contributed by atoms with Crippen LogP contribution in [0.2, 0.25) is 5.02 Å². The number of nitrogen functional groups attached to an aromatic ring is 1. The highest BCUT2D eigenvalue weighted by atomic mass is 79.9. The predicted octanol–water partition coefficient (Wildman–Crippen LogP) is 3.62. The Morgan fingerprint density at radius 2 is 1.90 bits per heavy atom. The van der Waals surface area contributed by atoms with Gasteiger partial charge in [0.15, 0.2) is 0 Å². The van der Waals surface area contributed by atoms with Gasteiger partial charge in [-0.25, -0.2) is 12.8 Å². The van der Waals surface area contributed by atoms with Crippen LogP contribution in [0.3, 0.4) is 0 Å². The van der Waals surface area contributed by atoms with Crippen molar-refractivity contribution in [2.75, 3.05) is 10.5 Å². The van der Waals surface area contributed by atoms with Crippen molar-refractivity contribution in [1.29, 1.82) is 0 Å². The van der Waals surface area contributed by atoms with E-state index in [-0.39, 0.29) is 11.4 Å². The fraction of sp³-hybridized carbons (Fsp3) is 0. The molecule has 106 valence electrons. The lowest BCUT2D eigenvalue weighted by Crippen LogP contribution is -2.14. The topological polar surface area (TPSA) is 72.2 Å². The lowest BCUT2D eigenvalue weighted by molar-refractivity contribution is 0.571. The lowest BCUT2D eigenvalue weighted by Gasteiger charge is -2.10. The Bertz CT molecular complexity index is 768. The zero-order valence-corrected chi connectivity index (χ0v) is 13.1. The summed E-state index contributed by atoms with van der Waals surface area (Å²) in [5, 5.41) is 0.437. The van der Waals surface area contributed by atoms with Crippen molar-refractivity contribution in [3.63, 3.8) is 0 Å². The van der Waals surface area contributed by atoms with Crippen LogP contribution in [0, 0.1) is 5.82 Å². The highest BCUT2D eigenvalue weighted by Gasteiger charge is 2.19. The van der Waals surface area contributed by atoms with Gasteiger partial charge in [0, 0.05) is 10.2 Å². The van der Waals surface area contributed by atoms with E-state index in [1.165, 1.54) is 24.3 Å². The third-order valence-corrected chi connectivity index (χ3v) is 5.05. The van der Waals surface area contributed by atoms with Gasteiger partial charge in [-0.05, 0) is 52.3 Å². The lowest BCUT2D eigenvalue weighted by atomic mass is 10.3. The molecule has 0 spiro atoms. The highest BCUT2D eigenvalue weighted by Crippen LogP contribution is 2.27. The number of benzene rings is 2. The Balaban J connectivity index is 2.38. The summed E-state index contributed by atoms with van der Waals surface area (Å²) in [4.78, 5) is -0.474. The molecule has 0 aliphatic heterocycles. The van der Waals surface area contributed by atoms with Gasteiger partial charge in [-0.3, -0.25) is 4.72 Å².